The van der Waals surface area contributed by atoms with Crippen molar-refractivity contribution >= 4 is 0 Å². The molecule has 0 amide bonds. The summed E-state index contributed by atoms with van der Waals surface area (Å²) < 4.78 is 0. The highest BCUT2D eigenvalue weighted by Gasteiger charge is 2.38. The van der Waals surface area contributed by atoms with E-state index in [0.29, 0.717) is 0 Å². The minimum Gasteiger partial charge on any atom is -0.307 e. The van der Waals surface area contributed by atoms with Crippen molar-refractivity contribution in [1.29, 1.82) is 0 Å². The predicted octanol–water partition coefficient (Wildman–Crippen LogP) is 3.83. The van der Waals surface area contributed by atoms with Crippen LogP contribution in [0.1, 0.15) is 36.1 Å². The Hall–Kier alpha value is -2.04. The molecule has 3 rings (SSSR count). The van der Waals surface area contributed by atoms with Gasteiger partial charge in [0.2, 0.25) is 0 Å². The zero-order valence-electron chi connectivity index (χ0n) is 12.5. The maximum absolute atomic E-state index is 3.50. The Morgan fingerprint density at radius 3 is 2.30 bits per heavy atom. The van der Waals surface area contributed by atoms with Gasteiger partial charge in [-0.15, -0.1) is 5.92 Å². The van der Waals surface area contributed by atoms with Crippen molar-refractivity contribution in [2.24, 2.45) is 0 Å². The first-order valence-corrected chi connectivity index (χ1v) is 6.98. The van der Waals surface area contributed by atoms with Crippen molar-refractivity contribution in [3.05, 3.63) is 58.7 Å². The smallest absolute Gasteiger partial charge is 0.0672 e. The van der Waals surface area contributed by atoms with Crippen LogP contribution < -0.4 is 5.32 Å². The van der Waals surface area contributed by atoms with Crippen LogP contribution in [-0.4, -0.2) is 7.05 Å². The van der Waals surface area contributed by atoms with Crippen LogP contribution in [0.2, 0.25) is 0 Å². The molecule has 0 saturated carbocycles. The molecular weight excluding hydrogens is 242 g/mol. The van der Waals surface area contributed by atoms with Crippen LogP contribution in [0.3, 0.4) is 0 Å². The van der Waals surface area contributed by atoms with Crippen molar-refractivity contribution in [2.75, 3.05) is 7.05 Å². The summed E-state index contributed by atoms with van der Waals surface area (Å²) in [6, 6.07) is 13.2. The highest BCUT2D eigenvalue weighted by Crippen LogP contribution is 2.47. The van der Waals surface area contributed by atoms with E-state index < -0.39 is 0 Å². The molecule has 20 heavy (non-hydrogen) atoms. The molecule has 2 aromatic carbocycles. The zero-order valence-corrected chi connectivity index (χ0v) is 12.5. The van der Waals surface area contributed by atoms with E-state index >= 15 is 0 Å². The van der Waals surface area contributed by atoms with Crippen LogP contribution in [0.25, 0.3) is 11.1 Å². The molecule has 1 N–H and O–H groups in total. The van der Waals surface area contributed by atoms with Gasteiger partial charge in [0.15, 0.2) is 0 Å². The summed E-state index contributed by atoms with van der Waals surface area (Å²) in [4.78, 5) is 0. The minimum atomic E-state index is -0.137. The molecule has 100 valence electrons. The summed E-state index contributed by atoms with van der Waals surface area (Å²) in [5.74, 6) is 6.14. The van der Waals surface area contributed by atoms with Crippen molar-refractivity contribution in [1.82, 2.24) is 5.32 Å². The third-order valence-electron chi connectivity index (χ3n) is 4.33. The van der Waals surface area contributed by atoms with E-state index in [1.165, 1.54) is 27.8 Å². The lowest BCUT2D eigenvalue weighted by atomic mass is 9.88. The molecule has 1 heteroatoms. The Balaban J connectivity index is 2.31. The molecule has 1 unspecified atom stereocenters. The Morgan fingerprint density at radius 1 is 1.00 bits per heavy atom. The number of benzene rings is 2. The molecule has 0 heterocycles. The maximum Gasteiger partial charge on any atom is 0.0672 e. The molecule has 1 aliphatic carbocycles. The van der Waals surface area contributed by atoms with E-state index in [1.807, 2.05) is 14.0 Å². The zero-order chi connectivity index (χ0) is 14.3. The lowest BCUT2D eigenvalue weighted by molar-refractivity contribution is 0.497. The van der Waals surface area contributed by atoms with Crippen LogP contribution >= 0.6 is 0 Å². The van der Waals surface area contributed by atoms with Crippen LogP contribution in [0.4, 0.5) is 0 Å². The average molecular weight is 261 g/mol. The molecule has 1 nitrogen and oxygen atoms in total. The molecular formula is C19H19N. The lowest BCUT2D eigenvalue weighted by Crippen LogP contribution is -2.36. The van der Waals surface area contributed by atoms with Gasteiger partial charge in [0, 0.05) is 5.56 Å². The number of hydrogen-bond donors (Lipinski definition) is 1. The summed E-state index contributed by atoms with van der Waals surface area (Å²) in [5.41, 5.74) is 7.57. The van der Waals surface area contributed by atoms with E-state index in [2.05, 4.69) is 67.4 Å². The van der Waals surface area contributed by atoms with Gasteiger partial charge in [-0.25, -0.2) is 0 Å². The number of aryl methyl sites for hydroxylation is 1. The van der Waals surface area contributed by atoms with Crippen molar-refractivity contribution in [3.63, 3.8) is 0 Å². The monoisotopic (exact) mass is 261 g/mol. The van der Waals surface area contributed by atoms with Gasteiger partial charge >= 0.3 is 0 Å². The first-order valence-electron chi connectivity index (χ1n) is 6.98. The first-order chi connectivity index (χ1) is 9.60. The molecule has 0 spiro atoms. The number of rotatable bonds is 1. The summed E-state index contributed by atoms with van der Waals surface area (Å²) >= 11 is 0. The van der Waals surface area contributed by atoms with Crippen LogP contribution in [0.15, 0.2) is 36.4 Å². The Morgan fingerprint density at radius 2 is 1.65 bits per heavy atom. The Bertz CT molecular complexity index is 746. The second-order valence-corrected chi connectivity index (χ2v) is 5.56. The molecule has 0 saturated heterocycles. The molecule has 0 aliphatic heterocycles. The van der Waals surface area contributed by atoms with E-state index in [9.17, 15) is 0 Å². The fraction of sp³-hybridized carbons (Fsp3) is 0.263. The SMILES string of the molecule is CC#Cc1ccc2c(c1)C(C)(NC)c1cc(C)ccc1-2. The van der Waals surface area contributed by atoms with Gasteiger partial charge in [-0.1, -0.05) is 35.7 Å². The number of hydrogen-bond acceptors (Lipinski definition) is 1. The average Bonchev–Trinajstić information content (AvgIpc) is 2.69. The highest BCUT2D eigenvalue weighted by atomic mass is 14.9. The summed E-state index contributed by atoms with van der Waals surface area (Å²) in [7, 11) is 2.03. The Labute approximate surface area is 121 Å². The fourth-order valence-corrected chi connectivity index (χ4v) is 3.14. The molecule has 1 atom stereocenters. The van der Waals surface area contributed by atoms with Crippen molar-refractivity contribution in [3.8, 4) is 23.0 Å². The van der Waals surface area contributed by atoms with Gasteiger partial charge in [0.1, 0.15) is 0 Å². The second kappa shape index (κ2) is 4.51. The largest absolute Gasteiger partial charge is 0.307 e. The second-order valence-electron chi connectivity index (χ2n) is 5.56. The van der Waals surface area contributed by atoms with Gasteiger partial charge in [0.25, 0.3) is 0 Å². The molecule has 0 fully saturated rings. The topological polar surface area (TPSA) is 12.0 Å². The predicted molar refractivity (Wildman–Crippen MR) is 84.7 cm³/mol. The molecule has 0 aromatic heterocycles. The van der Waals surface area contributed by atoms with E-state index in [-0.39, 0.29) is 5.54 Å². The fourth-order valence-electron chi connectivity index (χ4n) is 3.14. The molecule has 0 bridgehead atoms. The molecule has 1 aliphatic rings. The quantitative estimate of drug-likeness (QED) is 0.769. The van der Waals surface area contributed by atoms with E-state index in [4.69, 9.17) is 0 Å². The van der Waals surface area contributed by atoms with Gasteiger partial charge in [0.05, 0.1) is 5.54 Å². The summed E-state index contributed by atoms with van der Waals surface area (Å²) in [5, 5.41) is 3.50. The number of fused-ring (bicyclic) bond motifs is 3. The van der Waals surface area contributed by atoms with Gasteiger partial charge < -0.3 is 5.32 Å². The first kappa shape index (κ1) is 13.0. The third kappa shape index (κ3) is 1.69. The van der Waals surface area contributed by atoms with E-state index in [1.54, 1.807) is 0 Å². The highest BCUT2D eigenvalue weighted by molar-refractivity contribution is 5.81. The number of nitrogens with one attached hydrogen (secondary N) is 1. The summed E-state index contributed by atoms with van der Waals surface area (Å²) in [6.07, 6.45) is 0. The molecule has 0 radical (unpaired) electrons. The Kier molecular flexibility index (Phi) is 2.92. The van der Waals surface area contributed by atoms with Crippen LogP contribution in [-0.2, 0) is 5.54 Å². The van der Waals surface area contributed by atoms with E-state index in [0.717, 1.165) is 5.56 Å². The summed E-state index contributed by atoms with van der Waals surface area (Å²) in [6.45, 7) is 6.27. The normalized spacial score (nSPS) is 19.0. The minimum absolute atomic E-state index is 0.137. The van der Waals surface area contributed by atoms with Gasteiger partial charge in [-0.2, -0.15) is 0 Å². The standard InChI is InChI=1S/C19H19N/c1-5-6-14-8-10-16-15-9-7-13(2)11-17(15)19(3,20-4)18(16)12-14/h7-12,20H,1-4H3. The lowest BCUT2D eigenvalue weighted by Gasteiger charge is -2.27. The van der Waals surface area contributed by atoms with Crippen molar-refractivity contribution < 1.29 is 0 Å². The maximum atomic E-state index is 3.50. The van der Waals surface area contributed by atoms with Crippen LogP contribution in [0.5, 0.6) is 0 Å². The van der Waals surface area contributed by atoms with Gasteiger partial charge in [-0.3, -0.25) is 0 Å². The van der Waals surface area contributed by atoms with Gasteiger partial charge in [-0.05, 0) is 62.2 Å². The van der Waals surface area contributed by atoms with Crippen LogP contribution in [0, 0.1) is 18.8 Å². The van der Waals surface area contributed by atoms with Crippen molar-refractivity contribution in [2.45, 2.75) is 26.3 Å². The molecule has 2 aromatic rings. The third-order valence-corrected chi connectivity index (χ3v) is 4.33.